The standard InChI is InChI=1S/C7H7Cl2NO2/c1-6(3-7(6,8)9)4(2-10)5(11)12/h4H,3H2,1H3,(H,11,12). The lowest BCUT2D eigenvalue weighted by molar-refractivity contribution is -0.141. The Bertz CT molecular complexity index is 271. The van der Waals surface area contributed by atoms with Crippen LogP contribution in [0.25, 0.3) is 0 Å². The van der Waals surface area contributed by atoms with Crippen LogP contribution in [0.3, 0.4) is 0 Å². The molecule has 0 aliphatic heterocycles. The van der Waals surface area contributed by atoms with Crippen LogP contribution in [0.15, 0.2) is 0 Å². The zero-order valence-electron chi connectivity index (χ0n) is 6.34. The molecule has 5 heteroatoms. The molecule has 66 valence electrons. The van der Waals surface area contributed by atoms with Gasteiger partial charge in [-0.3, -0.25) is 4.79 Å². The normalized spacial score (nSPS) is 33.5. The van der Waals surface area contributed by atoms with Crippen LogP contribution < -0.4 is 0 Å². The van der Waals surface area contributed by atoms with Crippen molar-refractivity contribution in [2.45, 2.75) is 17.7 Å². The Labute approximate surface area is 79.9 Å². The summed E-state index contributed by atoms with van der Waals surface area (Å²) in [5.74, 6) is -2.28. The first-order chi connectivity index (χ1) is 5.35. The van der Waals surface area contributed by atoms with E-state index in [-0.39, 0.29) is 0 Å². The largest absolute Gasteiger partial charge is 0.480 e. The highest BCUT2D eigenvalue weighted by molar-refractivity contribution is 6.51. The molecule has 0 amide bonds. The van der Waals surface area contributed by atoms with Gasteiger partial charge in [0.2, 0.25) is 0 Å². The van der Waals surface area contributed by atoms with Crippen LogP contribution in [0.4, 0.5) is 0 Å². The Hall–Kier alpha value is -0.460. The molecule has 1 aliphatic rings. The molecule has 2 unspecified atom stereocenters. The minimum Gasteiger partial charge on any atom is -0.480 e. The smallest absolute Gasteiger partial charge is 0.321 e. The third kappa shape index (κ3) is 1.16. The van der Waals surface area contributed by atoms with Crippen LogP contribution in [0.2, 0.25) is 0 Å². The van der Waals surface area contributed by atoms with Gasteiger partial charge in [-0.1, -0.05) is 6.92 Å². The fraction of sp³-hybridized carbons (Fsp3) is 0.714. The fourth-order valence-corrected chi connectivity index (χ4v) is 1.97. The maximum atomic E-state index is 10.6. The second kappa shape index (κ2) is 2.51. The zero-order chi connectivity index (χ0) is 9.57. The molecule has 1 saturated carbocycles. The summed E-state index contributed by atoms with van der Waals surface area (Å²) in [4.78, 5) is 10.6. The minimum atomic E-state index is -1.16. The number of carboxylic acids is 1. The summed E-state index contributed by atoms with van der Waals surface area (Å²) in [5.41, 5.74) is -0.795. The van der Waals surface area contributed by atoms with Crippen LogP contribution in [-0.2, 0) is 4.79 Å². The predicted molar refractivity (Wildman–Crippen MR) is 43.9 cm³/mol. The quantitative estimate of drug-likeness (QED) is 0.703. The second-order valence-corrected chi connectivity index (χ2v) is 4.68. The average molecular weight is 208 g/mol. The lowest BCUT2D eigenvalue weighted by atomic mass is 9.92. The van der Waals surface area contributed by atoms with Crippen molar-refractivity contribution in [3.8, 4) is 6.07 Å². The number of carboxylic acid groups (broad SMARTS) is 1. The van der Waals surface area contributed by atoms with Crippen molar-refractivity contribution in [1.29, 1.82) is 5.26 Å². The summed E-state index contributed by atoms with van der Waals surface area (Å²) in [6, 6.07) is 1.69. The number of carbonyl (C=O) groups is 1. The molecular formula is C7H7Cl2NO2. The highest BCUT2D eigenvalue weighted by atomic mass is 35.5. The van der Waals surface area contributed by atoms with Gasteiger partial charge in [0, 0.05) is 5.41 Å². The van der Waals surface area contributed by atoms with Gasteiger partial charge in [-0.25, -0.2) is 0 Å². The van der Waals surface area contributed by atoms with Crippen molar-refractivity contribution in [2.24, 2.45) is 11.3 Å². The van der Waals surface area contributed by atoms with E-state index in [9.17, 15) is 4.79 Å². The van der Waals surface area contributed by atoms with Gasteiger partial charge in [0.05, 0.1) is 6.07 Å². The second-order valence-electron chi connectivity index (χ2n) is 3.20. The Morgan fingerprint density at radius 2 is 2.17 bits per heavy atom. The molecule has 1 rings (SSSR count). The number of hydrogen-bond donors (Lipinski definition) is 1. The van der Waals surface area contributed by atoms with Crippen molar-refractivity contribution in [3.05, 3.63) is 0 Å². The minimum absolute atomic E-state index is 0.355. The third-order valence-electron chi connectivity index (χ3n) is 2.31. The van der Waals surface area contributed by atoms with E-state index in [1.54, 1.807) is 13.0 Å². The van der Waals surface area contributed by atoms with Crippen molar-refractivity contribution in [2.75, 3.05) is 0 Å². The number of alkyl halides is 2. The van der Waals surface area contributed by atoms with E-state index in [0.29, 0.717) is 6.42 Å². The zero-order valence-corrected chi connectivity index (χ0v) is 7.85. The molecule has 0 saturated heterocycles. The molecule has 1 N–H and O–H groups in total. The average Bonchev–Trinajstić information content (AvgIpc) is 2.32. The van der Waals surface area contributed by atoms with Crippen LogP contribution in [-0.4, -0.2) is 15.4 Å². The van der Waals surface area contributed by atoms with Crippen LogP contribution >= 0.6 is 23.2 Å². The SMILES string of the molecule is CC1(C(C#N)C(=O)O)CC1(Cl)Cl. The Morgan fingerprint density at radius 1 is 1.75 bits per heavy atom. The molecule has 0 radical (unpaired) electrons. The molecule has 12 heavy (non-hydrogen) atoms. The monoisotopic (exact) mass is 207 g/mol. The molecule has 2 atom stereocenters. The molecule has 3 nitrogen and oxygen atoms in total. The van der Waals surface area contributed by atoms with Crippen LogP contribution in [0.1, 0.15) is 13.3 Å². The Balaban J connectivity index is 2.85. The number of hydrogen-bond acceptors (Lipinski definition) is 2. The molecule has 0 aromatic carbocycles. The van der Waals surface area contributed by atoms with Gasteiger partial charge in [-0.05, 0) is 6.42 Å². The summed E-state index contributed by atoms with van der Waals surface area (Å²) in [7, 11) is 0. The van der Waals surface area contributed by atoms with Crippen LogP contribution in [0, 0.1) is 22.7 Å². The predicted octanol–water partition coefficient (Wildman–Crippen LogP) is 1.79. The fourth-order valence-electron chi connectivity index (χ4n) is 1.20. The number of nitrogens with zero attached hydrogens (tertiary/aromatic N) is 1. The van der Waals surface area contributed by atoms with Gasteiger partial charge in [-0.2, -0.15) is 5.26 Å². The van der Waals surface area contributed by atoms with Gasteiger partial charge in [0.25, 0.3) is 0 Å². The number of aliphatic carboxylic acids is 1. The Kier molecular flexibility index (Phi) is 2.02. The lowest BCUT2D eigenvalue weighted by Crippen LogP contribution is -2.25. The lowest BCUT2D eigenvalue weighted by Gasteiger charge is -2.13. The van der Waals surface area contributed by atoms with Crippen molar-refractivity contribution < 1.29 is 9.90 Å². The van der Waals surface area contributed by atoms with Gasteiger partial charge < -0.3 is 5.11 Å². The van der Waals surface area contributed by atoms with E-state index in [2.05, 4.69) is 0 Å². The third-order valence-corrected chi connectivity index (χ3v) is 3.44. The first-order valence-corrected chi connectivity index (χ1v) is 4.11. The Morgan fingerprint density at radius 3 is 2.25 bits per heavy atom. The number of halogens is 2. The van der Waals surface area contributed by atoms with Crippen LogP contribution in [0.5, 0.6) is 0 Å². The van der Waals surface area contributed by atoms with Gasteiger partial charge >= 0.3 is 5.97 Å². The molecule has 0 bridgehead atoms. The maximum absolute atomic E-state index is 10.6. The van der Waals surface area contributed by atoms with Gasteiger partial charge in [0.1, 0.15) is 4.33 Å². The first-order valence-electron chi connectivity index (χ1n) is 3.35. The highest BCUT2D eigenvalue weighted by Gasteiger charge is 2.68. The molecule has 0 spiro atoms. The number of nitriles is 1. The van der Waals surface area contributed by atoms with E-state index >= 15 is 0 Å². The summed E-state index contributed by atoms with van der Waals surface area (Å²) in [6.45, 7) is 1.61. The molecule has 1 aliphatic carbocycles. The maximum Gasteiger partial charge on any atom is 0.321 e. The van der Waals surface area contributed by atoms with Gasteiger partial charge in [-0.15, -0.1) is 23.2 Å². The number of rotatable bonds is 2. The van der Waals surface area contributed by atoms with E-state index in [1.165, 1.54) is 0 Å². The van der Waals surface area contributed by atoms with Crippen molar-refractivity contribution >= 4 is 29.2 Å². The highest BCUT2D eigenvalue weighted by Crippen LogP contribution is 2.67. The van der Waals surface area contributed by atoms with E-state index < -0.39 is 21.6 Å². The molecular weight excluding hydrogens is 201 g/mol. The van der Waals surface area contributed by atoms with E-state index in [0.717, 1.165) is 0 Å². The summed E-state index contributed by atoms with van der Waals surface area (Å²) >= 11 is 11.4. The van der Waals surface area contributed by atoms with Gasteiger partial charge in [0.15, 0.2) is 5.92 Å². The molecule has 0 aromatic rings. The molecule has 0 heterocycles. The van der Waals surface area contributed by atoms with E-state index in [4.69, 9.17) is 33.6 Å². The van der Waals surface area contributed by atoms with Crippen molar-refractivity contribution in [3.63, 3.8) is 0 Å². The molecule has 0 aromatic heterocycles. The summed E-state index contributed by atoms with van der Waals surface area (Å²) in [6.07, 6.45) is 0.355. The topological polar surface area (TPSA) is 61.1 Å². The summed E-state index contributed by atoms with van der Waals surface area (Å²) in [5, 5.41) is 17.2. The first kappa shape index (κ1) is 9.63. The molecule has 1 fully saturated rings. The van der Waals surface area contributed by atoms with Crippen molar-refractivity contribution in [1.82, 2.24) is 0 Å². The van der Waals surface area contributed by atoms with E-state index in [1.807, 2.05) is 0 Å². The summed E-state index contributed by atoms with van der Waals surface area (Å²) < 4.78 is -1.05.